The summed E-state index contributed by atoms with van der Waals surface area (Å²) in [4.78, 5) is 25.8. The third kappa shape index (κ3) is 3.71. The number of hydrogen-bond donors (Lipinski definition) is 2. The molecule has 1 atom stereocenters. The van der Waals surface area contributed by atoms with Crippen LogP contribution in [0.5, 0.6) is 0 Å². The number of amides is 2. The Kier molecular flexibility index (Phi) is 5.67. The number of aromatic nitrogens is 2. The van der Waals surface area contributed by atoms with Gasteiger partial charge in [0.15, 0.2) is 0 Å². The van der Waals surface area contributed by atoms with E-state index in [0.29, 0.717) is 18.4 Å². The molecule has 1 aromatic rings. The molecule has 2 N–H and O–H groups in total. The number of H-pyrrole nitrogens is 1. The molecule has 0 radical (unpaired) electrons. The number of hydrogen-bond acceptors (Lipinski definition) is 3. The first-order valence-electron chi connectivity index (χ1n) is 8.75. The molecule has 1 aliphatic rings. The van der Waals surface area contributed by atoms with E-state index in [1.165, 1.54) is 18.7 Å². The van der Waals surface area contributed by atoms with Gasteiger partial charge >= 0.3 is 12.2 Å². The van der Waals surface area contributed by atoms with Crippen LogP contribution in [0.15, 0.2) is 4.79 Å². The zero-order valence-electron chi connectivity index (χ0n) is 15.5. The van der Waals surface area contributed by atoms with E-state index in [4.69, 9.17) is 0 Å². The van der Waals surface area contributed by atoms with Crippen LogP contribution in [0.4, 0.5) is 18.0 Å². The van der Waals surface area contributed by atoms with E-state index in [-0.39, 0.29) is 19.5 Å². The van der Waals surface area contributed by atoms with Crippen LogP contribution in [0.1, 0.15) is 50.9 Å². The van der Waals surface area contributed by atoms with Crippen LogP contribution in [-0.4, -0.2) is 39.4 Å². The lowest BCUT2D eigenvalue weighted by Gasteiger charge is -2.36. The van der Waals surface area contributed by atoms with Gasteiger partial charge in [-0.2, -0.15) is 18.3 Å². The predicted molar refractivity (Wildman–Crippen MR) is 90.8 cm³/mol. The molecule has 9 heteroatoms. The van der Waals surface area contributed by atoms with E-state index < -0.39 is 29.2 Å². The van der Waals surface area contributed by atoms with Gasteiger partial charge in [-0.25, -0.2) is 9.89 Å². The summed E-state index contributed by atoms with van der Waals surface area (Å²) >= 11 is 0. The number of alkyl halides is 3. The van der Waals surface area contributed by atoms with Gasteiger partial charge in [0.2, 0.25) is 0 Å². The number of likely N-dealkylation sites (tertiary alicyclic amines) is 1. The van der Waals surface area contributed by atoms with Gasteiger partial charge in [0.05, 0.1) is 23.7 Å². The average molecular weight is 374 g/mol. The summed E-state index contributed by atoms with van der Waals surface area (Å²) in [6.07, 6.45) is -3.27. The first-order chi connectivity index (χ1) is 12.0. The van der Waals surface area contributed by atoms with E-state index in [0.717, 1.165) is 11.3 Å². The van der Waals surface area contributed by atoms with Crippen LogP contribution >= 0.6 is 0 Å². The Morgan fingerprint density at radius 2 is 1.96 bits per heavy atom. The SMILES string of the molecule is CCc1n[nH]c(=O)c(CNC(=O)N2CCC(C(F)(F)F)C2(C)C)c1CC. The van der Waals surface area contributed by atoms with E-state index >= 15 is 0 Å². The third-order valence-electron chi connectivity index (χ3n) is 5.21. The van der Waals surface area contributed by atoms with Crippen LogP contribution in [0.2, 0.25) is 0 Å². The Labute approximate surface area is 150 Å². The van der Waals surface area contributed by atoms with Crippen molar-refractivity contribution in [3.05, 3.63) is 27.2 Å². The highest BCUT2D eigenvalue weighted by Crippen LogP contribution is 2.44. The Morgan fingerprint density at radius 3 is 2.46 bits per heavy atom. The zero-order valence-corrected chi connectivity index (χ0v) is 15.5. The van der Waals surface area contributed by atoms with Gasteiger partial charge in [0.25, 0.3) is 5.56 Å². The third-order valence-corrected chi connectivity index (χ3v) is 5.21. The van der Waals surface area contributed by atoms with Crippen molar-refractivity contribution in [2.75, 3.05) is 6.54 Å². The highest BCUT2D eigenvalue weighted by molar-refractivity contribution is 5.75. The molecular weight excluding hydrogens is 349 g/mol. The molecule has 1 unspecified atom stereocenters. The van der Waals surface area contributed by atoms with Crippen molar-refractivity contribution < 1.29 is 18.0 Å². The molecule has 0 saturated carbocycles. The summed E-state index contributed by atoms with van der Waals surface area (Å²) in [5.41, 5.74) is 0.181. The molecule has 1 aliphatic heterocycles. The zero-order chi connectivity index (χ0) is 19.7. The standard InChI is InChI=1S/C17H25F3N4O2/c1-5-10-11(14(25)23-22-12(10)6-2)9-21-15(26)24-8-7-13(16(24,3)4)17(18,19)20/h13H,5-9H2,1-4H3,(H,21,26)(H,23,25). The van der Waals surface area contributed by atoms with Gasteiger partial charge < -0.3 is 10.2 Å². The fraction of sp³-hybridized carbons (Fsp3) is 0.706. The molecule has 146 valence electrons. The Bertz CT molecular complexity index is 728. The molecule has 6 nitrogen and oxygen atoms in total. The fourth-order valence-electron chi connectivity index (χ4n) is 3.74. The molecule has 1 fully saturated rings. The number of rotatable bonds is 4. The minimum atomic E-state index is -4.35. The topological polar surface area (TPSA) is 78.1 Å². The number of carbonyl (C=O) groups excluding carboxylic acids is 1. The van der Waals surface area contributed by atoms with Crippen molar-refractivity contribution in [1.82, 2.24) is 20.4 Å². The second-order valence-corrected chi connectivity index (χ2v) is 7.01. The van der Waals surface area contributed by atoms with Gasteiger partial charge in [-0.1, -0.05) is 13.8 Å². The molecule has 1 aromatic heterocycles. The lowest BCUT2D eigenvalue weighted by Crippen LogP contribution is -2.52. The minimum Gasteiger partial charge on any atom is -0.334 e. The molecule has 0 spiro atoms. The molecule has 0 bridgehead atoms. The second-order valence-electron chi connectivity index (χ2n) is 7.01. The van der Waals surface area contributed by atoms with Crippen molar-refractivity contribution >= 4 is 6.03 Å². The van der Waals surface area contributed by atoms with Gasteiger partial charge in [-0.05, 0) is 38.7 Å². The summed E-state index contributed by atoms with van der Waals surface area (Å²) < 4.78 is 39.5. The number of nitrogens with zero attached hydrogens (tertiary/aromatic N) is 2. The lowest BCUT2D eigenvalue weighted by molar-refractivity contribution is -0.189. The number of carbonyl (C=O) groups is 1. The molecule has 0 aromatic carbocycles. The maximum Gasteiger partial charge on any atom is 0.394 e. The van der Waals surface area contributed by atoms with Crippen molar-refractivity contribution in [3.63, 3.8) is 0 Å². The van der Waals surface area contributed by atoms with E-state index in [1.54, 1.807) is 0 Å². The van der Waals surface area contributed by atoms with Crippen LogP contribution in [0, 0.1) is 5.92 Å². The number of halogens is 3. The Morgan fingerprint density at radius 1 is 1.31 bits per heavy atom. The van der Waals surface area contributed by atoms with E-state index in [2.05, 4.69) is 15.5 Å². The van der Waals surface area contributed by atoms with Gasteiger partial charge in [-0.3, -0.25) is 4.79 Å². The van der Waals surface area contributed by atoms with Crippen LogP contribution in [-0.2, 0) is 19.4 Å². The number of urea groups is 1. The smallest absolute Gasteiger partial charge is 0.334 e. The molecule has 2 heterocycles. The Hall–Kier alpha value is -2.06. The van der Waals surface area contributed by atoms with Crippen molar-refractivity contribution in [3.8, 4) is 0 Å². The second kappa shape index (κ2) is 7.28. The summed E-state index contributed by atoms with van der Waals surface area (Å²) in [6, 6.07) is -0.599. The van der Waals surface area contributed by atoms with Gasteiger partial charge in [0.1, 0.15) is 0 Å². The number of nitrogens with one attached hydrogen (secondary N) is 2. The summed E-state index contributed by atoms with van der Waals surface area (Å²) in [6.45, 7) is 6.62. The highest BCUT2D eigenvalue weighted by atomic mass is 19.4. The molecule has 0 aliphatic carbocycles. The monoisotopic (exact) mass is 374 g/mol. The average Bonchev–Trinajstić information content (AvgIpc) is 2.88. The molecule has 26 heavy (non-hydrogen) atoms. The maximum absolute atomic E-state index is 13.2. The first-order valence-corrected chi connectivity index (χ1v) is 8.75. The number of aromatic amines is 1. The van der Waals surface area contributed by atoms with E-state index in [9.17, 15) is 22.8 Å². The highest BCUT2D eigenvalue weighted by Gasteiger charge is 2.56. The number of aryl methyl sites for hydroxylation is 1. The fourth-order valence-corrected chi connectivity index (χ4v) is 3.74. The summed E-state index contributed by atoms with van der Waals surface area (Å²) in [5.74, 6) is -1.57. The summed E-state index contributed by atoms with van der Waals surface area (Å²) in [7, 11) is 0. The quantitative estimate of drug-likeness (QED) is 0.851. The van der Waals surface area contributed by atoms with Crippen molar-refractivity contribution in [2.45, 2.75) is 65.2 Å². The van der Waals surface area contributed by atoms with Gasteiger partial charge in [0, 0.05) is 12.1 Å². The molecule has 1 saturated heterocycles. The largest absolute Gasteiger partial charge is 0.394 e. The minimum absolute atomic E-state index is 0.0244. The first kappa shape index (κ1) is 20.3. The van der Waals surface area contributed by atoms with Crippen LogP contribution in [0.25, 0.3) is 0 Å². The van der Waals surface area contributed by atoms with Crippen LogP contribution in [0.3, 0.4) is 0 Å². The molecule has 2 rings (SSSR count). The maximum atomic E-state index is 13.2. The normalized spacial score (nSPS) is 19.7. The van der Waals surface area contributed by atoms with Crippen molar-refractivity contribution in [1.29, 1.82) is 0 Å². The molecular formula is C17H25F3N4O2. The predicted octanol–water partition coefficient (Wildman–Crippen LogP) is 2.77. The molecule has 2 amide bonds. The Balaban J connectivity index is 2.17. The lowest BCUT2D eigenvalue weighted by atomic mass is 9.88. The van der Waals surface area contributed by atoms with Gasteiger partial charge in [-0.15, -0.1) is 0 Å². The van der Waals surface area contributed by atoms with E-state index in [1.807, 2.05) is 13.8 Å². The van der Waals surface area contributed by atoms with Crippen molar-refractivity contribution in [2.24, 2.45) is 5.92 Å². The van der Waals surface area contributed by atoms with Crippen LogP contribution < -0.4 is 10.9 Å². The summed E-state index contributed by atoms with van der Waals surface area (Å²) in [5, 5.41) is 9.03.